The number of rotatable bonds is 7. The molecule has 12 rings (SSSR count). The Morgan fingerprint density at radius 3 is 1.51 bits per heavy atom. The van der Waals surface area contributed by atoms with Gasteiger partial charge in [0.15, 0.2) is 0 Å². The molecule has 1 aliphatic rings. The summed E-state index contributed by atoms with van der Waals surface area (Å²) in [5, 5.41) is 4.92. The zero-order valence-electron chi connectivity index (χ0n) is 33.5. The second kappa shape index (κ2) is 14.1. The molecule has 0 N–H and O–H groups in total. The van der Waals surface area contributed by atoms with E-state index in [9.17, 15) is 0 Å². The van der Waals surface area contributed by atoms with E-state index < -0.39 is 5.41 Å². The predicted molar refractivity (Wildman–Crippen MR) is 256 cm³/mol. The maximum atomic E-state index is 2.47. The van der Waals surface area contributed by atoms with Crippen molar-refractivity contribution in [1.82, 2.24) is 4.57 Å². The Morgan fingerprint density at radius 2 is 0.836 bits per heavy atom. The lowest BCUT2D eigenvalue weighted by atomic mass is 9.67. The molecule has 11 aromatic rings. The van der Waals surface area contributed by atoms with Crippen molar-refractivity contribution in [3.8, 4) is 27.9 Å². The Balaban J connectivity index is 1.12. The van der Waals surface area contributed by atoms with Gasteiger partial charge in [-0.2, -0.15) is 0 Å². The van der Waals surface area contributed by atoms with Gasteiger partial charge < -0.3 is 9.47 Å². The Bertz CT molecular complexity index is 3350. The number of benzene rings is 10. The molecule has 0 bridgehead atoms. The quantitative estimate of drug-likeness (QED) is 0.156. The van der Waals surface area contributed by atoms with Crippen LogP contribution in [0.25, 0.3) is 60.5 Å². The number of hydrogen-bond donors (Lipinski definition) is 0. The van der Waals surface area contributed by atoms with Crippen LogP contribution in [0.3, 0.4) is 0 Å². The molecule has 1 aliphatic carbocycles. The first-order chi connectivity index (χ1) is 30.3. The molecule has 0 amide bonds. The van der Waals surface area contributed by atoms with E-state index in [-0.39, 0.29) is 0 Å². The molecule has 10 aromatic carbocycles. The van der Waals surface area contributed by atoms with E-state index in [0.29, 0.717) is 0 Å². The molecule has 61 heavy (non-hydrogen) atoms. The normalized spacial score (nSPS) is 12.7. The molecule has 0 aliphatic heterocycles. The summed E-state index contributed by atoms with van der Waals surface area (Å²) in [4.78, 5) is 2.44. The van der Waals surface area contributed by atoms with Crippen LogP contribution in [0.2, 0.25) is 0 Å². The first-order valence-corrected chi connectivity index (χ1v) is 21.1. The molecule has 0 radical (unpaired) electrons. The van der Waals surface area contributed by atoms with Crippen LogP contribution in [-0.2, 0) is 5.41 Å². The van der Waals surface area contributed by atoms with Crippen molar-refractivity contribution in [2.45, 2.75) is 5.41 Å². The van der Waals surface area contributed by atoms with Crippen molar-refractivity contribution in [2.75, 3.05) is 4.90 Å². The molecule has 0 spiro atoms. The van der Waals surface area contributed by atoms with Crippen molar-refractivity contribution >= 4 is 49.6 Å². The SMILES string of the molecule is c1ccc(-c2ccc3c(c2)c2cc(N(c4ccccc4)c4ccc5c(c4)C(c4ccccc4)(c4ccccc4)c4cc6ccccc6cc4-5)ccc2n3-c2ccccc2)cc1. The molecule has 1 heterocycles. The highest BCUT2D eigenvalue weighted by Crippen LogP contribution is 2.58. The van der Waals surface area contributed by atoms with Crippen molar-refractivity contribution in [3.63, 3.8) is 0 Å². The van der Waals surface area contributed by atoms with Crippen molar-refractivity contribution in [2.24, 2.45) is 0 Å². The predicted octanol–water partition coefficient (Wildman–Crippen LogP) is 15.4. The summed E-state index contributed by atoms with van der Waals surface area (Å²) >= 11 is 0. The lowest BCUT2D eigenvalue weighted by molar-refractivity contribution is 0.769. The lowest BCUT2D eigenvalue weighted by Crippen LogP contribution is -2.28. The molecule has 0 saturated carbocycles. The first-order valence-electron chi connectivity index (χ1n) is 21.1. The van der Waals surface area contributed by atoms with Gasteiger partial charge in [0.1, 0.15) is 0 Å². The Morgan fingerprint density at radius 1 is 0.328 bits per heavy atom. The minimum absolute atomic E-state index is 0.545. The van der Waals surface area contributed by atoms with Gasteiger partial charge in [-0.15, -0.1) is 0 Å². The van der Waals surface area contributed by atoms with E-state index in [1.807, 2.05) is 0 Å². The smallest absolute Gasteiger partial charge is 0.0714 e. The van der Waals surface area contributed by atoms with Gasteiger partial charge in [-0.05, 0) is 134 Å². The van der Waals surface area contributed by atoms with E-state index in [1.54, 1.807) is 0 Å². The van der Waals surface area contributed by atoms with Crippen LogP contribution in [-0.4, -0.2) is 4.57 Å². The number of aromatic nitrogens is 1. The third-order valence-corrected chi connectivity index (χ3v) is 12.8. The van der Waals surface area contributed by atoms with Crippen LogP contribution < -0.4 is 4.90 Å². The molecule has 0 unspecified atom stereocenters. The van der Waals surface area contributed by atoms with Gasteiger partial charge in [-0.3, -0.25) is 0 Å². The lowest BCUT2D eigenvalue weighted by Gasteiger charge is -2.35. The summed E-state index contributed by atoms with van der Waals surface area (Å²) in [5.41, 5.74) is 16.3. The van der Waals surface area contributed by atoms with Gasteiger partial charge in [-0.1, -0.05) is 164 Å². The van der Waals surface area contributed by atoms with Crippen LogP contribution >= 0.6 is 0 Å². The summed E-state index contributed by atoms with van der Waals surface area (Å²) in [7, 11) is 0. The summed E-state index contributed by atoms with van der Waals surface area (Å²) < 4.78 is 2.40. The molecule has 286 valence electrons. The van der Waals surface area contributed by atoms with Gasteiger partial charge in [0.05, 0.1) is 16.4 Å². The largest absolute Gasteiger partial charge is 0.310 e. The van der Waals surface area contributed by atoms with Crippen LogP contribution in [0.1, 0.15) is 22.3 Å². The molecule has 0 saturated heterocycles. The second-order valence-corrected chi connectivity index (χ2v) is 16.1. The molecule has 1 aromatic heterocycles. The minimum atomic E-state index is -0.545. The summed E-state index contributed by atoms with van der Waals surface area (Å²) in [5.74, 6) is 0. The number of nitrogens with zero attached hydrogens (tertiary/aromatic N) is 2. The maximum absolute atomic E-state index is 2.47. The van der Waals surface area contributed by atoms with Crippen molar-refractivity contribution < 1.29 is 0 Å². The maximum Gasteiger partial charge on any atom is 0.0714 e. The van der Waals surface area contributed by atoms with E-state index in [1.165, 1.54) is 77.1 Å². The zero-order valence-corrected chi connectivity index (χ0v) is 33.5. The van der Waals surface area contributed by atoms with Crippen LogP contribution in [0.4, 0.5) is 17.1 Å². The number of para-hydroxylation sites is 2. The number of hydrogen-bond acceptors (Lipinski definition) is 1. The average Bonchev–Trinajstić information content (AvgIpc) is 3.81. The third-order valence-electron chi connectivity index (χ3n) is 12.8. The number of anilines is 3. The van der Waals surface area contributed by atoms with Crippen LogP contribution in [0.5, 0.6) is 0 Å². The second-order valence-electron chi connectivity index (χ2n) is 16.1. The fourth-order valence-corrected chi connectivity index (χ4v) is 10.1. The first kappa shape index (κ1) is 35.0. The Hall–Kier alpha value is -7.94. The summed E-state index contributed by atoms with van der Waals surface area (Å²) in [6.07, 6.45) is 0. The standard InChI is InChI=1S/C59H40N2/c1-6-18-41(19-7-1)44-30-34-57-53(37-44)54-39-49(32-35-58(54)61(57)48-28-14-5-15-29-48)60(47-26-12-4-13-27-47)50-31-33-51-52-36-42-20-16-17-21-43(42)38-55(52)59(56(51)40-50,45-22-8-2-9-23-45)46-24-10-3-11-25-46/h1-40H. The molecule has 2 nitrogen and oxygen atoms in total. The van der Waals surface area contributed by atoms with Gasteiger partial charge in [-0.25, -0.2) is 0 Å². The highest BCUT2D eigenvalue weighted by molar-refractivity contribution is 6.12. The topological polar surface area (TPSA) is 8.17 Å². The zero-order chi connectivity index (χ0) is 40.3. The summed E-state index contributed by atoms with van der Waals surface area (Å²) in [6, 6.07) is 89.2. The molecule has 0 atom stereocenters. The monoisotopic (exact) mass is 776 g/mol. The molecule has 2 heteroatoms. The molecular formula is C59H40N2. The van der Waals surface area contributed by atoms with Crippen LogP contribution in [0, 0.1) is 0 Å². The van der Waals surface area contributed by atoms with E-state index in [0.717, 1.165) is 22.7 Å². The van der Waals surface area contributed by atoms with Crippen molar-refractivity contribution in [1.29, 1.82) is 0 Å². The molecule has 0 fully saturated rings. The van der Waals surface area contributed by atoms with Gasteiger partial charge in [0.2, 0.25) is 0 Å². The minimum Gasteiger partial charge on any atom is -0.310 e. The summed E-state index contributed by atoms with van der Waals surface area (Å²) in [6.45, 7) is 0. The molecular weight excluding hydrogens is 737 g/mol. The average molecular weight is 777 g/mol. The Labute approximate surface area is 355 Å². The van der Waals surface area contributed by atoms with E-state index >= 15 is 0 Å². The van der Waals surface area contributed by atoms with Gasteiger partial charge in [0.25, 0.3) is 0 Å². The third kappa shape index (κ3) is 5.50. The van der Waals surface area contributed by atoms with Crippen LogP contribution in [0.15, 0.2) is 243 Å². The van der Waals surface area contributed by atoms with Gasteiger partial charge in [0, 0.05) is 33.5 Å². The Kier molecular flexibility index (Phi) is 8.11. The fraction of sp³-hybridized carbons (Fsp3) is 0.0169. The van der Waals surface area contributed by atoms with E-state index in [4.69, 9.17) is 0 Å². The fourth-order valence-electron chi connectivity index (χ4n) is 10.1. The highest BCUT2D eigenvalue weighted by atomic mass is 15.1. The highest BCUT2D eigenvalue weighted by Gasteiger charge is 2.46. The van der Waals surface area contributed by atoms with Gasteiger partial charge >= 0.3 is 0 Å². The van der Waals surface area contributed by atoms with Crippen molar-refractivity contribution in [3.05, 3.63) is 265 Å². The van der Waals surface area contributed by atoms with E-state index in [2.05, 4.69) is 252 Å². The number of fused-ring (bicyclic) bond motifs is 7.